The fourth-order valence-electron chi connectivity index (χ4n) is 3.63. The van der Waals surface area contributed by atoms with Gasteiger partial charge in [0.05, 0.1) is 26.9 Å². The summed E-state index contributed by atoms with van der Waals surface area (Å²) in [6.07, 6.45) is 2.40. The summed E-state index contributed by atoms with van der Waals surface area (Å²) in [6.45, 7) is 0. The molecule has 0 atom stereocenters. The molecule has 1 aromatic carbocycles. The summed E-state index contributed by atoms with van der Waals surface area (Å²) in [5.41, 5.74) is 1.53. The van der Waals surface area contributed by atoms with Crippen molar-refractivity contribution in [2.75, 3.05) is 32.4 Å². The number of sulfone groups is 1. The van der Waals surface area contributed by atoms with E-state index in [0.717, 1.165) is 23.3 Å². The molecule has 2 heterocycles. The van der Waals surface area contributed by atoms with E-state index < -0.39 is 32.7 Å². The van der Waals surface area contributed by atoms with Gasteiger partial charge in [-0.3, -0.25) is 4.79 Å². The first kappa shape index (κ1) is 23.7. The Hall–Kier alpha value is -3.45. The highest BCUT2D eigenvalue weighted by Crippen LogP contribution is 2.39. The average molecular weight is 508 g/mol. The lowest BCUT2D eigenvalue weighted by Gasteiger charge is -2.07. The third-order valence-corrected chi connectivity index (χ3v) is 7.73. The zero-order valence-corrected chi connectivity index (χ0v) is 20.2. The maximum absolute atomic E-state index is 12.7. The largest absolute Gasteiger partial charge is 0.493 e. The van der Waals surface area contributed by atoms with Crippen LogP contribution in [0.15, 0.2) is 27.8 Å². The molecule has 180 valence electrons. The summed E-state index contributed by atoms with van der Waals surface area (Å²) in [5, 5.41) is 9.47. The van der Waals surface area contributed by atoms with E-state index in [1.54, 1.807) is 18.2 Å². The fraction of sp³-hybridized carbons (Fsp3) is 0.333. The normalized spacial score (nSPS) is 12.8. The van der Waals surface area contributed by atoms with Gasteiger partial charge in [-0.25, -0.2) is 13.2 Å². The van der Waals surface area contributed by atoms with Crippen LogP contribution in [0.3, 0.4) is 0 Å². The van der Waals surface area contributed by atoms with Gasteiger partial charge in [0, 0.05) is 10.4 Å². The van der Waals surface area contributed by atoms with Crippen molar-refractivity contribution in [3.8, 4) is 23.0 Å². The van der Waals surface area contributed by atoms with Crippen molar-refractivity contribution in [2.45, 2.75) is 24.5 Å². The molecule has 1 aliphatic rings. The molecule has 1 amide bonds. The number of thiophene rings is 1. The van der Waals surface area contributed by atoms with Gasteiger partial charge in [0.2, 0.25) is 21.6 Å². The number of hydrogen-bond acceptors (Lipinski definition) is 11. The number of amides is 1. The Morgan fingerprint density at radius 2 is 1.88 bits per heavy atom. The molecule has 0 bridgehead atoms. The van der Waals surface area contributed by atoms with Crippen LogP contribution in [0.5, 0.6) is 11.5 Å². The Labute approximate surface area is 199 Å². The molecule has 2 aromatic heterocycles. The van der Waals surface area contributed by atoms with Crippen LogP contribution in [0.2, 0.25) is 0 Å². The predicted octanol–water partition coefficient (Wildman–Crippen LogP) is 2.50. The predicted molar refractivity (Wildman–Crippen MR) is 121 cm³/mol. The van der Waals surface area contributed by atoms with Crippen LogP contribution in [0.25, 0.3) is 11.5 Å². The SMILES string of the molecule is COC(=O)c1c(NC(=O)CS(=O)(=O)c2nnc(-c3ccc(OC)c(OC)c3)o2)sc2c1CCC2. The standard InChI is InChI=1S/C21H21N3O8S2/c1-29-13-8-7-11(9-14(13)30-2)18-23-24-21(32-18)34(27,28)10-16(25)22-19-17(20(26)31-3)12-5-4-6-15(12)33-19/h7-9H,4-6,10H2,1-3H3,(H,22,25). The summed E-state index contributed by atoms with van der Waals surface area (Å²) >= 11 is 1.25. The summed E-state index contributed by atoms with van der Waals surface area (Å²) in [6, 6.07) is 4.76. The second kappa shape index (κ2) is 9.43. The van der Waals surface area contributed by atoms with E-state index in [2.05, 4.69) is 15.5 Å². The molecule has 11 nitrogen and oxygen atoms in total. The first-order valence-corrected chi connectivity index (χ1v) is 12.6. The Balaban J connectivity index is 1.52. The number of aryl methyl sites for hydroxylation is 1. The number of anilines is 1. The van der Waals surface area contributed by atoms with E-state index in [4.69, 9.17) is 18.6 Å². The van der Waals surface area contributed by atoms with Gasteiger partial charge >= 0.3 is 11.2 Å². The maximum atomic E-state index is 12.7. The van der Waals surface area contributed by atoms with Crippen LogP contribution in [0, 0.1) is 0 Å². The highest BCUT2D eigenvalue weighted by molar-refractivity contribution is 7.91. The zero-order chi connectivity index (χ0) is 24.5. The molecule has 1 aliphatic carbocycles. The van der Waals surface area contributed by atoms with Gasteiger partial charge in [0.15, 0.2) is 11.5 Å². The number of rotatable bonds is 8. The van der Waals surface area contributed by atoms with Crippen LogP contribution in [0.1, 0.15) is 27.2 Å². The van der Waals surface area contributed by atoms with E-state index in [-0.39, 0.29) is 16.5 Å². The molecule has 13 heteroatoms. The lowest BCUT2D eigenvalue weighted by Crippen LogP contribution is -2.24. The first-order chi connectivity index (χ1) is 16.3. The molecule has 0 spiro atoms. The van der Waals surface area contributed by atoms with Gasteiger partial charge < -0.3 is 23.9 Å². The maximum Gasteiger partial charge on any atom is 0.341 e. The first-order valence-electron chi connectivity index (χ1n) is 10.1. The molecule has 34 heavy (non-hydrogen) atoms. The van der Waals surface area contributed by atoms with Crippen LogP contribution in [0.4, 0.5) is 5.00 Å². The van der Waals surface area contributed by atoms with E-state index >= 15 is 0 Å². The van der Waals surface area contributed by atoms with Gasteiger partial charge in [0.1, 0.15) is 10.8 Å². The number of esters is 1. The lowest BCUT2D eigenvalue weighted by atomic mass is 10.1. The minimum absolute atomic E-state index is 0.0670. The second-order valence-electron chi connectivity index (χ2n) is 7.30. The number of hydrogen-bond donors (Lipinski definition) is 1. The number of ether oxygens (including phenoxy) is 3. The van der Waals surface area contributed by atoms with Crippen molar-refractivity contribution < 1.29 is 36.6 Å². The van der Waals surface area contributed by atoms with Gasteiger partial charge in [0.25, 0.3) is 0 Å². The van der Waals surface area contributed by atoms with Crippen LogP contribution in [-0.2, 0) is 32.2 Å². The lowest BCUT2D eigenvalue weighted by molar-refractivity contribution is -0.113. The summed E-state index contributed by atoms with van der Waals surface area (Å²) in [5.74, 6) is -1.55. The molecule has 0 saturated heterocycles. The smallest absolute Gasteiger partial charge is 0.341 e. The van der Waals surface area contributed by atoms with E-state index in [0.29, 0.717) is 23.5 Å². The number of nitrogens with one attached hydrogen (secondary N) is 1. The Bertz CT molecular complexity index is 1360. The van der Waals surface area contributed by atoms with Gasteiger partial charge in [-0.15, -0.1) is 16.4 Å². The molecule has 0 aliphatic heterocycles. The van der Waals surface area contributed by atoms with E-state index in [1.807, 2.05) is 0 Å². The molecule has 4 rings (SSSR count). The minimum Gasteiger partial charge on any atom is -0.493 e. The Kier molecular flexibility index (Phi) is 6.57. The zero-order valence-electron chi connectivity index (χ0n) is 18.5. The third kappa shape index (κ3) is 4.48. The Morgan fingerprint density at radius 1 is 1.12 bits per heavy atom. The Morgan fingerprint density at radius 3 is 2.59 bits per heavy atom. The highest BCUT2D eigenvalue weighted by Gasteiger charge is 2.31. The van der Waals surface area contributed by atoms with Crippen LogP contribution in [-0.4, -0.2) is 57.6 Å². The monoisotopic (exact) mass is 507 g/mol. The fourth-order valence-corrected chi connectivity index (χ4v) is 5.83. The molecule has 0 saturated carbocycles. The molecule has 0 unspecified atom stereocenters. The molecular formula is C21H21N3O8S2. The molecule has 1 N–H and O–H groups in total. The average Bonchev–Trinajstić information content (AvgIpc) is 3.54. The van der Waals surface area contributed by atoms with Gasteiger partial charge in [-0.1, -0.05) is 5.10 Å². The summed E-state index contributed by atoms with van der Waals surface area (Å²) in [4.78, 5) is 25.8. The van der Waals surface area contributed by atoms with Gasteiger partial charge in [-0.05, 0) is 43.0 Å². The number of benzene rings is 1. The summed E-state index contributed by atoms with van der Waals surface area (Å²) in [7, 11) is -0.0555. The number of fused-ring (bicyclic) bond motifs is 1. The number of nitrogens with zero attached hydrogens (tertiary/aromatic N) is 2. The number of aromatic nitrogens is 2. The van der Waals surface area contributed by atoms with Crippen molar-refractivity contribution in [2.24, 2.45) is 0 Å². The molecule has 0 radical (unpaired) electrons. The molecule has 3 aromatic rings. The quantitative estimate of drug-likeness (QED) is 0.451. The van der Waals surface area contributed by atoms with E-state index in [1.165, 1.54) is 32.7 Å². The minimum atomic E-state index is -4.25. The summed E-state index contributed by atoms with van der Waals surface area (Å²) < 4.78 is 46.0. The van der Waals surface area contributed by atoms with Crippen molar-refractivity contribution in [1.82, 2.24) is 10.2 Å². The number of carbonyl (C=O) groups is 2. The van der Waals surface area contributed by atoms with Crippen LogP contribution >= 0.6 is 11.3 Å². The van der Waals surface area contributed by atoms with E-state index in [9.17, 15) is 18.0 Å². The number of methoxy groups -OCH3 is 3. The van der Waals surface area contributed by atoms with Crippen LogP contribution < -0.4 is 14.8 Å². The molecular weight excluding hydrogens is 486 g/mol. The van der Waals surface area contributed by atoms with Crippen molar-refractivity contribution in [3.05, 3.63) is 34.2 Å². The number of carbonyl (C=O) groups excluding carboxylic acids is 2. The topological polar surface area (TPSA) is 147 Å². The van der Waals surface area contributed by atoms with Crippen molar-refractivity contribution >= 4 is 38.1 Å². The van der Waals surface area contributed by atoms with Crippen molar-refractivity contribution in [1.29, 1.82) is 0 Å². The molecule has 0 fully saturated rings. The van der Waals surface area contributed by atoms with Gasteiger partial charge in [-0.2, -0.15) is 0 Å². The van der Waals surface area contributed by atoms with Crippen molar-refractivity contribution in [3.63, 3.8) is 0 Å². The second-order valence-corrected chi connectivity index (χ2v) is 10.3. The highest BCUT2D eigenvalue weighted by atomic mass is 32.2. The third-order valence-electron chi connectivity index (χ3n) is 5.19.